The molecule has 0 saturated heterocycles. The van der Waals surface area contributed by atoms with Crippen LogP contribution in [0, 0.1) is 12.7 Å². The van der Waals surface area contributed by atoms with Crippen molar-refractivity contribution in [3.63, 3.8) is 0 Å². The molecule has 0 aliphatic rings. The first-order valence-corrected chi connectivity index (χ1v) is 9.47. The molecule has 0 radical (unpaired) electrons. The lowest BCUT2D eigenvalue weighted by atomic mass is 10.1. The first kappa shape index (κ1) is 21.2. The van der Waals surface area contributed by atoms with E-state index in [9.17, 15) is 9.18 Å². The summed E-state index contributed by atoms with van der Waals surface area (Å²) in [5.41, 5.74) is 2.58. The lowest BCUT2D eigenvalue weighted by molar-refractivity contribution is 0.0950. The van der Waals surface area contributed by atoms with E-state index in [1.54, 1.807) is 31.2 Å². The number of amides is 1. The van der Waals surface area contributed by atoms with E-state index in [0.717, 1.165) is 5.56 Å². The van der Waals surface area contributed by atoms with E-state index >= 15 is 0 Å². The number of halogens is 1. The van der Waals surface area contributed by atoms with Crippen molar-refractivity contribution in [3.8, 4) is 17.2 Å². The maximum absolute atomic E-state index is 13.7. The van der Waals surface area contributed by atoms with Gasteiger partial charge in [-0.2, -0.15) is 0 Å². The summed E-state index contributed by atoms with van der Waals surface area (Å²) in [4.78, 5) is 12.6. The molecule has 0 saturated carbocycles. The zero-order valence-electron chi connectivity index (χ0n) is 17.2. The van der Waals surface area contributed by atoms with Crippen molar-refractivity contribution in [1.29, 1.82) is 0 Å². The van der Waals surface area contributed by atoms with E-state index in [4.69, 9.17) is 14.2 Å². The Morgan fingerprint density at radius 1 is 0.933 bits per heavy atom. The summed E-state index contributed by atoms with van der Waals surface area (Å²) < 4.78 is 30.5. The minimum atomic E-state index is -0.331. The Labute approximate surface area is 175 Å². The molecule has 156 valence electrons. The van der Waals surface area contributed by atoms with Crippen LogP contribution in [-0.4, -0.2) is 20.1 Å². The third-order valence-electron chi connectivity index (χ3n) is 4.64. The highest BCUT2D eigenvalue weighted by molar-refractivity contribution is 5.95. The predicted octanol–water partition coefficient (Wildman–Crippen LogP) is 4.66. The van der Waals surface area contributed by atoms with E-state index in [0.29, 0.717) is 40.5 Å². The molecule has 3 aromatic carbocycles. The summed E-state index contributed by atoms with van der Waals surface area (Å²) in [5, 5.41) is 2.78. The van der Waals surface area contributed by atoms with Gasteiger partial charge in [0.05, 0.1) is 14.2 Å². The topological polar surface area (TPSA) is 56.8 Å². The number of rotatable bonds is 8. The molecule has 0 heterocycles. The fourth-order valence-electron chi connectivity index (χ4n) is 2.91. The number of hydrogen-bond acceptors (Lipinski definition) is 4. The van der Waals surface area contributed by atoms with Gasteiger partial charge in [0.1, 0.15) is 12.4 Å². The predicted molar refractivity (Wildman–Crippen MR) is 113 cm³/mol. The van der Waals surface area contributed by atoms with Gasteiger partial charge in [0, 0.05) is 12.1 Å². The first-order valence-electron chi connectivity index (χ1n) is 9.47. The van der Waals surface area contributed by atoms with Crippen molar-refractivity contribution in [3.05, 3.63) is 88.7 Å². The molecule has 0 aliphatic carbocycles. The van der Waals surface area contributed by atoms with Crippen molar-refractivity contribution >= 4 is 5.91 Å². The lowest BCUT2D eigenvalue weighted by Gasteiger charge is -2.16. The van der Waals surface area contributed by atoms with Crippen LogP contribution in [0.1, 0.15) is 27.0 Å². The van der Waals surface area contributed by atoms with Crippen LogP contribution in [0.4, 0.5) is 4.39 Å². The second kappa shape index (κ2) is 9.78. The first-order chi connectivity index (χ1) is 14.5. The number of hydrogen-bond donors (Lipinski definition) is 1. The third-order valence-corrected chi connectivity index (χ3v) is 4.64. The molecular formula is C24H24FNO4. The Morgan fingerprint density at radius 2 is 1.60 bits per heavy atom. The average molecular weight is 409 g/mol. The van der Waals surface area contributed by atoms with Gasteiger partial charge in [0.15, 0.2) is 11.5 Å². The molecule has 3 aromatic rings. The van der Waals surface area contributed by atoms with Gasteiger partial charge >= 0.3 is 0 Å². The summed E-state index contributed by atoms with van der Waals surface area (Å²) in [6.07, 6.45) is 0. The Morgan fingerprint density at radius 3 is 2.20 bits per heavy atom. The Hall–Kier alpha value is -3.54. The molecule has 6 heteroatoms. The number of carbonyl (C=O) groups excluding carboxylic acids is 1. The zero-order valence-corrected chi connectivity index (χ0v) is 17.2. The number of benzene rings is 3. The van der Waals surface area contributed by atoms with Crippen molar-refractivity contribution in [2.45, 2.75) is 20.1 Å². The average Bonchev–Trinajstić information content (AvgIpc) is 2.78. The van der Waals surface area contributed by atoms with E-state index in [1.807, 2.05) is 30.3 Å². The Balaban J connectivity index is 1.76. The Bertz CT molecular complexity index is 996. The summed E-state index contributed by atoms with van der Waals surface area (Å²) in [5.74, 6) is 0.557. The van der Waals surface area contributed by atoms with Crippen LogP contribution in [0.15, 0.2) is 60.7 Å². The van der Waals surface area contributed by atoms with Crippen LogP contribution in [0.3, 0.4) is 0 Å². The van der Waals surface area contributed by atoms with Gasteiger partial charge in [-0.1, -0.05) is 42.5 Å². The molecule has 1 N–H and O–H groups in total. The molecule has 1 amide bonds. The molecule has 0 spiro atoms. The highest BCUT2D eigenvalue weighted by Crippen LogP contribution is 2.39. The lowest BCUT2D eigenvalue weighted by Crippen LogP contribution is -2.23. The smallest absolute Gasteiger partial charge is 0.251 e. The van der Waals surface area contributed by atoms with Gasteiger partial charge < -0.3 is 19.5 Å². The zero-order chi connectivity index (χ0) is 21.5. The van der Waals surface area contributed by atoms with Crippen molar-refractivity contribution in [2.75, 3.05) is 14.2 Å². The second-order valence-electron chi connectivity index (χ2n) is 6.75. The summed E-state index contributed by atoms with van der Waals surface area (Å²) in [6, 6.07) is 17.8. The minimum absolute atomic E-state index is 0.201. The van der Waals surface area contributed by atoms with Crippen LogP contribution in [0.5, 0.6) is 17.2 Å². The van der Waals surface area contributed by atoms with Crippen LogP contribution < -0.4 is 19.5 Å². The molecular weight excluding hydrogens is 385 g/mol. The standard InChI is InChI=1S/C24H24FNO4/c1-16-9-10-18(11-20(16)25)14-26-24(27)19-12-21(28-2)23(22(13-19)29-3)30-15-17-7-5-4-6-8-17/h4-13H,14-15H2,1-3H3,(H,26,27). The van der Waals surface area contributed by atoms with Crippen molar-refractivity contribution in [1.82, 2.24) is 5.32 Å². The monoisotopic (exact) mass is 409 g/mol. The third kappa shape index (κ3) is 5.08. The van der Waals surface area contributed by atoms with Crippen LogP contribution >= 0.6 is 0 Å². The summed E-state index contributed by atoms with van der Waals surface area (Å²) in [7, 11) is 3.00. The number of nitrogens with one attached hydrogen (secondary N) is 1. The van der Waals surface area contributed by atoms with Crippen LogP contribution in [-0.2, 0) is 13.2 Å². The van der Waals surface area contributed by atoms with E-state index in [-0.39, 0.29) is 18.3 Å². The van der Waals surface area contributed by atoms with E-state index < -0.39 is 0 Å². The summed E-state index contributed by atoms with van der Waals surface area (Å²) >= 11 is 0. The van der Waals surface area contributed by atoms with E-state index in [2.05, 4.69) is 5.32 Å². The highest BCUT2D eigenvalue weighted by Gasteiger charge is 2.18. The van der Waals surface area contributed by atoms with Gasteiger partial charge in [-0.15, -0.1) is 0 Å². The number of aryl methyl sites for hydroxylation is 1. The molecule has 0 atom stereocenters. The van der Waals surface area contributed by atoms with Crippen molar-refractivity contribution < 1.29 is 23.4 Å². The molecule has 0 bridgehead atoms. The Kier molecular flexibility index (Phi) is 6.91. The molecule has 5 nitrogen and oxygen atoms in total. The molecule has 0 unspecified atom stereocenters. The number of carbonyl (C=O) groups is 1. The van der Waals surface area contributed by atoms with Gasteiger partial charge in [0.2, 0.25) is 5.75 Å². The number of ether oxygens (including phenoxy) is 3. The van der Waals surface area contributed by atoms with Crippen LogP contribution in [0.25, 0.3) is 0 Å². The van der Waals surface area contributed by atoms with Gasteiger partial charge in [-0.25, -0.2) is 4.39 Å². The normalized spacial score (nSPS) is 10.4. The molecule has 0 aliphatic heterocycles. The maximum atomic E-state index is 13.7. The number of methoxy groups -OCH3 is 2. The quantitative estimate of drug-likeness (QED) is 0.588. The van der Waals surface area contributed by atoms with Crippen LogP contribution in [0.2, 0.25) is 0 Å². The minimum Gasteiger partial charge on any atom is -0.493 e. The molecule has 0 fully saturated rings. The molecule has 3 rings (SSSR count). The fourth-order valence-corrected chi connectivity index (χ4v) is 2.91. The van der Waals surface area contributed by atoms with Gasteiger partial charge in [-0.05, 0) is 41.8 Å². The largest absolute Gasteiger partial charge is 0.493 e. The fraction of sp³-hybridized carbons (Fsp3) is 0.208. The highest BCUT2D eigenvalue weighted by atomic mass is 19.1. The van der Waals surface area contributed by atoms with E-state index in [1.165, 1.54) is 20.3 Å². The van der Waals surface area contributed by atoms with Gasteiger partial charge in [0.25, 0.3) is 5.91 Å². The second-order valence-corrected chi connectivity index (χ2v) is 6.75. The molecule has 30 heavy (non-hydrogen) atoms. The maximum Gasteiger partial charge on any atom is 0.251 e. The van der Waals surface area contributed by atoms with Gasteiger partial charge in [-0.3, -0.25) is 4.79 Å². The SMILES string of the molecule is COc1cc(C(=O)NCc2ccc(C)c(F)c2)cc(OC)c1OCc1ccccc1. The van der Waals surface area contributed by atoms with Crippen molar-refractivity contribution in [2.24, 2.45) is 0 Å². The summed E-state index contributed by atoms with van der Waals surface area (Å²) in [6.45, 7) is 2.22. The molecule has 0 aromatic heterocycles.